The Morgan fingerprint density at radius 1 is 1.47 bits per heavy atom. The van der Waals surface area contributed by atoms with Gasteiger partial charge in [0.2, 0.25) is 0 Å². The van der Waals surface area contributed by atoms with E-state index in [-0.39, 0.29) is 23.2 Å². The summed E-state index contributed by atoms with van der Waals surface area (Å²) in [7, 11) is 1.42. The number of ether oxygens (including phenoxy) is 1. The summed E-state index contributed by atoms with van der Waals surface area (Å²) in [5.41, 5.74) is -0.0804. The first-order chi connectivity index (χ1) is 7.99. The minimum atomic E-state index is -0.189. The maximum atomic E-state index is 12.0. The molecule has 0 unspecified atom stereocenters. The number of methoxy groups -OCH3 is 1. The maximum absolute atomic E-state index is 12.0. The normalized spacial score (nSPS) is 40.9. The topological polar surface area (TPSA) is 43.4 Å². The molecule has 0 spiro atoms. The van der Waals surface area contributed by atoms with Crippen molar-refractivity contribution in [2.45, 2.75) is 33.1 Å². The van der Waals surface area contributed by atoms with Crippen molar-refractivity contribution in [2.75, 3.05) is 7.11 Å². The van der Waals surface area contributed by atoms with Gasteiger partial charge in [0.1, 0.15) is 5.78 Å². The molecule has 3 heteroatoms. The Hall–Kier alpha value is -1.12. The third-order valence-corrected chi connectivity index (χ3v) is 4.71. The van der Waals surface area contributed by atoms with Crippen molar-refractivity contribution in [1.29, 1.82) is 0 Å². The van der Waals surface area contributed by atoms with Gasteiger partial charge in [-0.25, -0.2) is 0 Å². The summed E-state index contributed by atoms with van der Waals surface area (Å²) in [6, 6.07) is 0. The molecule has 0 bridgehead atoms. The van der Waals surface area contributed by atoms with E-state index >= 15 is 0 Å². The van der Waals surface area contributed by atoms with Crippen LogP contribution in [0.5, 0.6) is 0 Å². The third kappa shape index (κ3) is 1.92. The average molecular weight is 236 g/mol. The second kappa shape index (κ2) is 4.28. The number of carbonyl (C=O) groups is 2. The summed E-state index contributed by atoms with van der Waals surface area (Å²) in [5.74, 6) is 0.417. The zero-order chi connectivity index (χ0) is 12.6. The molecule has 2 aliphatic rings. The molecule has 2 rings (SSSR count). The number of fused-ring (bicyclic) bond motifs is 1. The Bertz CT molecular complexity index is 372. The number of ketones is 1. The number of Topliss-reactive ketones (excluding diaryl/α,β-unsaturated/α-hetero) is 1. The molecular weight excluding hydrogens is 216 g/mol. The van der Waals surface area contributed by atoms with Crippen LogP contribution in [0.1, 0.15) is 33.1 Å². The zero-order valence-corrected chi connectivity index (χ0v) is 10.7. The standard InChI is InChI=1S/C14H20O3/c1-9-4-7-12(15)11-6-5-10(13(16)17-3)8-14(9,11)2/h5-6,9-11H,4,7-8H2,1-3H3/t9-,10+,11-,14+/m1/s1. The SMILES string of the molecule is COC(=O)[C@H]1C=C[C@@H]2C(=O)CC[C@@H](C)[C@]2(C)C1. The first-order valence-electron chi connectivity index (χ1n) is 6.28. The molecule has 1 saturated carbocycles. The molecule has 1 fully saturated rings. The van der Waals surface area contributed by atoms with Crippen molar-refractivity contribution in [1.82, 2.24) is 0 Å². The van der Waals surface area contributed by atoms with Gasteiger partial charge < -0.3 is 4.74 Å². The summed E-state index contributed by atoms with van der Waals surface area (Å²) in [6.45, 7) is 4.33. The fraction of sp³-hybridized carbons (Fsp3) is 0.714. The molecule has 0 amide bonds. The molecular formula is C14H20O3. The van der Waals surface area contributed by atoms with Crippen molar-refractivity contribution < 1.29 is 14.3 Å². The predicted molar refractivity (Wildman–Crippen MR) is 64.3 cm³/mol. The maximum Gasteiger partial charge on any atom is 0.312 e. The Balaban J connectivity index is 2.29. The Morgan fingerprint density at radius 3 is 2.82 bits per heavy atom. The molecule has 0 N–H and O–H groups in total. The van der Waals surface area contributed by atoms with Crippen molar-refractivity contribution in [3.63, 3.8) is 0 Å². The van der Waals surface area contributed by atoms with Gasteiger partial charge in [0.05, 0.1) is 13.0 Å². The van der Waals surface area contributed by atoms with E-state index in [9.17, 15) is 9.59 Å². The van der Waals surface area contributed by atoms with Gasteiger partial charge in [-0.05, 0) is 24.2 Å². The number of hydrogen-bond donors (Lipinski definition) is 0. The van der Waals surface area contributed by atoms with Crippen LogP contribution in [0, 0.1) is 23.2 Å². The van der Waals surface area contributed by atoms with Gasteiger partial charge in [-0.2, -0.15) is 0 Å². The van der Waals surface area contributed by atoms with Crippen LogP contribution < -0.4 is 0 Å². The van der Waals surface area contributed by atoms with Crippen LogP contribution in [0.25, 0.3) is 0 Å². The van der Waals surface area contributed by atoms with Gasteiger partial charge in [-0.1, -0.05) is 26.0 Å². The van der Waals surface area contributed by atoms with Crippen LogP contribution in [0.3, 0.4) is 0 Å². The van der Waals surface area contributed by atoms with Crippen molar-refractivity contribution in [2.24, 2.45) is 23.2 Å². The molecule has 2 aliphatic carbocycles. The van der Waals surface area contributed by atoms with Crippen LogP contribution in [0.2, 0.25) is 0 Å². The van der Waals surface area contributed by atoms with Gasteiger partial charge in [0, 0.05) is 12.3 Å². The zero-order valence-electron chi connectivity index (χ0n) is 10.7. The van der Waals surface area contributed by atoms with Crippen LogP contribution in [0.4, 0.5) is 0 Å². The van der Waals surface area contributed by atoms with Crippen molar-refractivity contribution >= 4 is 11.8 Å². The van der Waals surface area contributed by atoms with Crippen LogP contribution in [-0.2, 0) is 14.3 Å². The third-order valence-electron chi connectivity index (χ3n) is 4.71. The molecule has 0 saturated heterocycles. The number of hydrogen-bond acceptors (Lipinski definition) is 3. The Labute approximate surface area is 102 Å². The molecule has 3 nitrogen and oxygen atoms in total. The quantitative estimate of drug-likeness (QED) is 0.518. The van der Waals surface area contributed by atoms with Crippen LogP contribution in [0.15, 0.2) is 12.2 Å². The van der Waals surface area contributed by atoms with E-state index < -0.39 is 0 Å². The van der Waals surface area contributed by atoms with Gasteiger partial charge in [-0.15, -0.1) is 0 Å². The lowest BCUT2D eigenvalue weighted by Crippen LogP contribution is -2.46. The van der Waals surface area contributed by atoms with E-state index in [0.29, 0.717) is 18.1 Å². The molecule has 0 radical (unpaired) electrons. The molecule has 17 heavy (non-hydrogen) atoms. The number of rotatable bonds is 1. The fourth-order valence-electron chi connectivity index (χ4n) is 3.27. The smallest absolute Gasteiger partial charge is 0.312 e. The number of allylic oxidation sites excluding steroid dienone is 1. The van der Waals surface area contributed by atoms with E-state index in [1.807, 2.05) is 12.2 Å². The van der Waals surface area contributed by atoms with E-state index in [2.05, 4.69) is 13.8 Å². The molecule has 0 aromatic heterocycles. The monoisotopic (exact) mass is 236 g/mol. The first-order valence-corrected chi connectivity index (χ1v) is 6.28. The van der Waals surface area contributed by atoms with Gasteiger partial charge in [0.15, 0.2) is 0 Å². The minimum absolute atomic E-state index is 0.00726. The van der Waals surface area contributed by atoms with Crippen LogP contribution >= 0.6 is 0 Å². The summed E-state index contributed by atoms with van der Waals surface area (Å²) in [4.78, 5) is 23.6. The van der Waals surface area contributed by atoms with Gasteiger partial charge in [-0.3, -0.25) is 9.59 Å². The molecule has 0 heterocycles. The lowest BCUT2D eigenvalue weighted by molar-refractivity contribution is -0.147. The van der Waals surface area contributed by atoms with E-state index in [4.69, 9.17) is 4.74 Å². The highest BCUT2D eigenvalue weighted by Gasteiger charge is 2.48. The number of carbonyl (C=O) groups excluding carboxylic acids is 2. The minimum Gasteiger partial charge on any atom is -0.469 e. The molecule has 0 aromatic rings. The first kappa shape index (κ1) is 12.3. The highest BCUT2D eigenvalue weighted by molar-refractivity contribution is 5.85. The van der Waals surface area contributed by atoms with Crippen LogP contribution in [-0.4, -0.2) is 18.9 Å². The fourth-order valence-corrected chi connectivity index (χ4v) is 3.27. The second-order valence-electron chi connectivity index (χ2n) is 5.61. The van der Waals surface area contributed by atoms with E-state index in [0.717, 1.165) is 12.8 Å². The Morgan fingerprint density at radius 2 is 2.18 bits per heavy atom. The second-order valence-corrected chi connectivity index (χ2v) is 5.61. The number of esters is 1. The summed E-state index contributed by atoms with van der Waals surface area (Å²) in [5, 5.41) is 0. The Kier molecular flexibility index (Phi) is 3.11. The average Bonchev–Trinajstić information content (AvgIpc) is 2.32. The lowest BCUT2D eigenvalue weighted by atomic mass is 9.56. The molecule has 4 atom stereocenters. The summed E-state index contributed by atoms with van der Waals surface area (Å²) >= 11 is 0. The van der Waals surface area contributed by atoms with E-state index in [1.165, 1.54) is 7.11 Å². The van der Waals surface area contributed by atoms with Gasteiger partial charge in [0.25, 0.3) is 0 Å². The highest BCUT2D eigenvalue weighted by atomic mass is 16.5. The summed E-state index contributed by atoms with van der Waals surface area (Å²) < 4.78 is 4.80. The van der Waals surface area contributed by atoms with E-state index in [1.54, 1.807) is 0 Å². The largest absolute Gasteiger partial charge is 0.469 e. The molecule has 94 valence electrons. The lowest BCUT2D eigenvalue weighted by Gasteiger charge is -2.47. The molecule has 0 aromatic carbocycles. The van der Waals surface area contributed by atoms with Crippen molar-refractivity contribution in [3.8, 4) is 0 Å². The van der Waals surface area contributed by atoms with Crippen molar-refractivity contribution in [3.05, 3.63) is 12.2 Å². The predicted octanol–water partition coefficient (Wildman–Crippen LogP) is 2.36. The summed E-state index contributed by atoms with van der Waals surface area (Å²) in [6.07, 6.45) is 6.13. The molecule has 0 aliphatic heterocycles. The van der Waals surface area contributed by atoms with Gasteiger partial charge >= 0.3 is 5.97 Å². The highest BCUT2D eigenvalue weighted by Crippen LogP contribution is 2.50.